The van der Waals surface area contributed by atoms with Crippen LogP contribution in [0.5, 0.6) is 0 Å². The lowest BCUT2D eigenvalue weighted by Gasteiger charge is -2.20. The second-order valence-electron chi connectivity index (χ2n) is 3.70. The van der Waals surface area contributed by atoms with Crippen LogP contribution in [-0.2, 0) is 13.6 Å². The molecule has 18 heavy (non-hydrogen) atoms. The summed E-state index contributed by atoms with van der Waals surface area (Å²) in [7, 11) is -3.24. The van der Waals surface area contributed by atoms with Gasteiger partial charge in [0.1, 0.15) is 0 Å². The Morgan fingerprint density at radius 2 is 1.72 bits per heavy atom. The average Bonchev–Trinajstić information content (AvgIpc) is 2.30. The van der Waals surface area contributed by atoms with Crippen LogP contribution in [0.25, 0.3) is 0 Å². The number of rotatable bonds is 7. The standard InChI is InChI=1S/C12H18ClO4P/c1-3-16-18(15,17-4-2)9-12(14)10-5-7-11(13)8-6-10/h5-8,12,14H,3-4,9H2,1-2H3/t12-/m0/s1. The first kappa shape index (κ1) is 15.7. The highest BCUT2D eigenvalue weighted by atomic mass is 35.5. The minimum absolute atomic E-state index is 0.0592. The lowest BCUT2D eigenvalue weighted by atomic mass is 10.1. The first-order chi connectivity index (χ1) is 8.50. The fourth-order valence-electron chi connectivity index (χ4n) is 1.54. The average molecular weight is 293 g/mol. The third-order valence-corrected chi connectivity index (χ3v) is 4.65. The van der Waals surface area contributed by atoms with Crippen LogP contribution < -0.4 is 0 Å². The first-order valence-electron chi connectivity index (χ1n) is 5.82. The smallest absolute Gasteiger partial charge is 0.333 e. The Balaban J connectivity index is 2.74. The zero-order valence-electron chi connectivity index (χ0n) is 10.5. The number of aliphatic hydroxyl groups is 1. The molecule has 0 aromatic heterocycles. The van der Waals surface area contributed by atoms with Gasteiger partial charge in [0, 0.05) is 5.02 Å². The van der Waals surface area contributed by atoms with Crippen LogP contribution in [0.3, 0.4) is 0 Å². The summed E-state index contributed by atoms with van der Waals surface area (Å²) in [5.41, 5.74) is 0.638. The fraction of sp³-hybridized carbons (Fsp3) is 0.500. The van der Waals surface area contributed by atoms with Gasteiger partial charge in [0.15, 0.2) is 0 Å². The Bertz CT molecular complexity index is 397. The summed E-state index contributed by atoms with van der Waals surface area (Å²) >= 11 is 5.76. The Kier molecular flexibility index (Phi) is 6.33. The van der Waals surface area contributed by atoms with E-state index in [-0.39, 0.29) is 19.4 Å². The summed E-state index contributed by atoms with van der Waals surface area (Å²) in [5.74, 6) is 0. The Morgan fingerprint density at radius 1 is 1.22 bits per heavy atom. The summed E-state index contributed by atoms with van der Waals surface area (Å²) in [4.78, 5) is 0. The Morgan fingerprint density at radius 3 is 2.17 bits per heavy atom. The summed E-state index contributed by atoms with van der Waals surface area (Å²) in [6.45, 7) is 4.04. The molecule has 0 aliphatic rings. The second kappa shape index (κ2) is 7.27. The number of hydrogen-bond acceptors (Lipinski definition) is 4. The molecule has 0 amide bonds. The summed E-state index contributed by atoms with van der Waals surface area (Å²) < 4.78 is 22.5. The molecule has 0 fully saturated rings. The zero-order chi connectivity index (χ0) is 13.6. The van der Waals surface area contributed by atoms with Crippen molar-refractivity contribution in [3.63, 3.8) is 0 Å². The van der Waals surface area contributed by atoms with Gasteiger partial charge in [-0.2, -0.15) is 0 Å². The molecule has 0 bridgehead atoms. The van der Waals surface area contributed by atoms with Gasteiger partial charge in [-0.05, 0) is 31.5 Å². The number of hydrogen-bond donors (Lipinski definition) is 1. The van der Waals surface area contributed by atoms with Crippen molar-refractivity contribution in [1.82, 2.24) is 0 Å². The van der Waals surface area contributed by atoms with Gasteiger partial charge in [-0.1, -0.05) is 23.7 Å². The molecule has 0 saturated heterocycles. The van der Waals surface area contributed by atoms with Crippen molar-refractivity contribution in [2.24, 2.45) is 0 Å². The quantitative estimate of drug-likeness (QED) is 0.780. The molecule has 6 heteroatoms. The predicted molar refractivity (Wildman–Crippen MR) is 72.1 cm³/mol. The Hall–Kier alpha value is -0.380. The zero-order valence-corrected chi connectivity index (χ0v) is 12.2. The van der Waals surface area contributed by atoms with Crippen molar-refractivity contribution in [2.45, 2.75) is 20.0 Å². The molecule has 0 heterocycles. The molecule has 1 aromatic rings. The van der Waals surface area contributed by atoms with E-state index in [1.165, 1.54) is 0 Å². The van der Waals surface area contributed by atoms with E-state index in [2.05, 4.69) is 0 Å². The van der Waals surface area contributed by atoms with Crippen molar-refractivity contribution in [3.05, 3.63) is 34.9 Å². The summed E-state index contributed by atoms with van der Waals surface area (Å²) in [5, 5.41) is 10.6. The number of halogens is 1. The van der Waals surface area contributed by atoms with Crippen molar-refractivity contribution < 1.29 is 18.7 Å². The van der Waals surface area contributed by atoms with Crippen molar-refractivity contribution in [3.8, 4) is 0 Å². The topological polar surface area (TPSA) is 55.8 Å². The first-order valence-corrected chi connectivity index (χ1v) is 7.93. The van der Waals surface area contributed by atoms with E-state index in [4.69, 9.17) is 20.6 Å². The van der Waals surface area contributed by atoms with Crippen LogP contribution in [0.1, 0.15) is 25.5 Å². The molecule has 0 radical (unpaired) electrons. The Labute approximate surface area is 112 Å². The predicted octanol–water partition coefficient (Wildman–Crippen LogP) is 3.64. The molecule has 0 saturated carbocycles. The van der Waals surface area contributed by atoms with Crippen LogP contribution >= 0.6 is 19.2 Å². The van der Waals surface area contributed by atoms with Gasteiger partial charge in [-0.3, -0.25) is 4.57 Å². The van der Waals surface area contributed by atoms with E-state index in [0.717, 1.165) is 0 Å². The van der Waals surface area contributed by atoms with Crippen molar-refractivity contribution >= 4 is 19.2 Å². The fourth-order valence-corrected chi connectivity index (χ4v) is 3.37. The lowest BCUT2D eigenvalue weighted by Crippen LogP contribution is -2.08. The molecular weight excluding hydrogens is 275 g/mol. The maximum absolute atomic E-state index is 12.2. The van der Waals surface area contributed by atoms with Gasteiger partial charge in [-0.25, -0.2) is 0 Å². The minimum atomic E-state index is -3.24. The molecule has 1 rings (SSSR count). The van der Waals surface area contributed by atoms with E-state index < -0.39 is 13.7 Å². The lowest BCUT2D eigenvalue weighted by molar-refractivity contribution is 0.170. The SMILES string of the molecule is CCOP(=O)(C[C@H](O)c1ccc(Cl)cc1)OCC. The highest BCUT2D eigenvalue weighted by molar-refractivity contribution is 7.53. The van der Waals surface area contributed by atoms with Gasteiger partial charge in [0.2, 0.25) is 0 Å². The highest BCUT2D eigenvalue weighted by Gasteiger charge is 2.28. The van der Waals surface area contributed by atoms with E-state index in [0.29, 0.717) is 10.6 Å². The maximum Gasteiger partial charge on any atom is 0.333 e. The molecule has 4 nitrogen and oxygen atoms in total. The summed E-state index contributed by atoms with van der Waals surface area (Å²) in [6, 6.07) is 6.73. The van der Waals surface area contributed by atoms with Crippen LogP contribution in [0.15, 0.2) is 24.3 Å². The molecule has 1 N–H and O–H groups in total. The molecule has 0 spiro atoms. The number of aliphatic hydroxyl groups excluding tert-OH is 1. The van der Waals surface area contributed by atoms with E-state index in [1.807, 2.05) is 0 Å². The third kappa shape index (κ3) is 4.71. The van der Waals surface area contributed by atoms with Gasteiger partial charge < -0.3 is 14.2 Å². The van der Waals surface area contributed by atoms with Crippen LogP contribution in [0.2, 0.25) is 5.02 Å². The molecule has 1 atom stereocenters. The van der Waals surface area contributed by atoms with Crippen molar-refractivity contribution in [2.75, 3.05) is 19.4 Å². The maximum atomic E-state index is 12.2. The molecule has 0 unspecified atom stereocenters. The van der Waals surface area contributed by atoms with Gasteiger partial charge in [0.25, 0.3) is 0 Å². The van der Waals surface area contributed by atoms with E-state index >= 15 is 0 Å². The van der Waals surface area contributed by atoms with Gasteiger partial charge >= 0.3 is 7.60 Å². The van der Waals surface area contributed by atoms with Gasteiger partial charge in [-0.15, -0.1) is 0 Å². The monoisotopic (exact) mass is 292 g/mol. The molecule has 0 aliphatic carbocycles. The van der Waals surface area contributed by atoms with Crippen molar-refractivity contribution in [1.29, 1.82) is 0 Å². The van der Waals surface area contributed by atoms with Crippen LogP contribution in [-0.4, -0.2) is 24.5 Å². The van der Waals surface area contributed by atoms with Crippen LogP contribution in [0, 0.1) is 0 Å². The molecular formula is C12H18ClO4P. The van der Waals surface area contributed by atoms with E-state index in [9.17, 15) is 9.67 Å². The largest absolute Gasteiger partial charge is 0.388 e. The highest BCUT2D eigenvalue weighted by Crippen LogP contribution is 2.50. The molecule has 1 aromatic carbocycles. The summed E-state index contributed by atoms with van der Waals surface area (Å²) in [6.07, 6.45) is -0.956. The second-order valence-corrected chi connectivity index (χ2v) is 6.24. The number of benzene rings is 1. The third-order valence-electron chi connectivity index (χ3n) is 2.30. The van der Waals surface area contributed by atoms with E-state index in [1.54, 1.807) is 38.1 Å². The minimum Gasteiger partial charge on any atom is -0.388 e. The normalized spacial score (nSPS) is 13.6. The van der Waals surface area contributed by atoms with Crippen LogP contribution in [0.4, 0.5) is 0 Å². The molecule has 0 aliphatic heterocycles. The van der Waals surface area contributed by atoms with Gasteiger partial charge in [0.05, 0.1) is 25.5 Å². The molecule has 102 valence electrons.